The first-order valence-electron chi connectivity index (χ1n) is 9.36. The largest absolute Gasteiger partial charge is 0.483 e. The number of aromatic nitrogens is 2. The molecule has 0 unspecified atom stereocenters. The lowest BCUT2D eigenvalue weighted by molar-refractivity contribution is -0.384. The van der Waals surface area contributed by atoms with Crippen LogP contribution >= 0.6 is 11.6 Å². The zero-order chi connectivity index (χ0) is 22.5. The van der Waals surface area contributed by atoms with Crippen molar-refractivity contribution in [2.75, 3.05) is 11.9 Å². The van der Waals surface area contributed by atoms with Gasteiger partial charge in [0.1, 0.15) is 5.75 Å². The van der Waals surface area contributed by atoms with Crippen molar-refractivity contribution in [3.63, 3.8) is 0 Å². The molecule has 0 atom stereocenters. The number of carbonyl (C=O) groups is 1. The van der Waals surface area contributed by atoms with Gasteiger partial charge in [0.2, 0.25) is 5.82 Å². The monoisotopic (exact) mass is 450 g/mol. The standard InChI is InChI=1S/C22H15ClN4O5/c23-15-4-3-5-16(12-15)24-20(28)13-31-19-7-2-1-6-18(19)21-25-22(32-26-21)14-8-10-17(11-9-14)27(29)30/h1-12H,13H2,(H,24,28). The zero-order valence-corrected chi connectivity index (χ0v) is 17.2. The number of amides is 1. The van der Waals surface area contributed by atoms with Gasteiger partial charge in [-0.05, 0) is 42.5 Å². The molecule has 10 heteroatoms. The zero-order valence-electron chi connectivity index (χ0n) is 16.4. The van der Waals surface area contributed by atoms with Crippen LogP contribution in [0.1, 0.15) is 0 Å². The Hall–Kier alpha value is -4.24. The lowest BCUT2D eigenvalue weighted by Gasteiger charge is -2.10. The highest BCUT2D eigenvalue weighted by Gasteiger charge is 2.16. The van der Waals surface area contributed by atoms with Crippen LogP contribution in [-0.4, -0.2) is 27.6 Å². The summed E-state index contributed by atoms with van der Waals surface area (Å²) in [4.78, 5) is 26.9. The molecule has 160 valence electrons. The third-order valence-corrected chi connectivity index (χ3v) is 4.58. The second-order valence-corrected chi connectivity index (χ2v) is 7.01. The maximum atomic E-state index is 12.2. The average molecular weight is 451 g/mol. The second-order valence-electron chi connectivity index (χ2n) is 6.57. The van der Waals surface area contributed by atoms with Crippen molar-refractivity contribution in [2.24, 2.45) is 0 Å². The lowest BCUT2D eigenvalue weighted by Crippen LogP contribution is -2.20. The molecule has 0 aliphatic carbocycles. The van der Waals surface area contributed by atoms with Gasteiger partial charge in [0, 0.05) is 28.4 Å². The highest BCUT2D eigenvalue weighted by Crippen LogP contribution is 2.30. The third kappa shape index (κ3) is 4.90. The van der Waals surface area contributed by atoms with Crippen LogP contribution in [0, 0.1) is 10.1 Å². The molecular weight excluding hydrogens is 436 g/mol. The summed E-state index contributed by atoms with van der Waals surface area (Å²) in [5.74, 6) is 0.485. The summed E-state index contributed by atoms with van der Waals surface area (Å²) < 4.78 is 11.0. The predicted octanol–water partition coefficient (Wildman–Crippen LogP) is 4.98. The molecule has 0 bridgehead atoms. The van der Waals surface area contributed by atoms with Crippen molar-refractivity contribution in [3.05, 3.63) is 87.9 Å². The molecule has 0 aliphatic rings. The maximum Gasteiger partial charge on any atom is 0.269 e. The van der Waals surface area contributed by atoms with E-state index in [1.807, 2.05) is 0 Å². The highest BCUT2D eigenvalue weighted by molar-refractivity contribution is 6.30. The van der Waals surface area contributed by atoms with Crippen molar-refractivity contribution in [3.8, 4) is 28.6 Å². The van der Waals surface area contributed by atoms with E-state index in [0.717, 1.165) is 0 Å². The maximum absolute atomic E-state index is 12.2. The third-order valence-electron chi connectivity index (χ3n) is 4.35. The van der Waals surface area contributed by atoms with Gasteiger partial charge in [-0.1, -0.05) is 35.0 Å². The molecule has 1 N–H and O–H groups in total. The van der Waals surface area contributed by atoms with Gasteiger partial charge in [-0.15, -0.1) is 0 Å². The number of nitro benzene ring substituents is 1. The Labute approximate surface area is 186 Å². The fourth-order valence-corrected chi connectivity index (χ4v) is 3.05. The van der Waals surface area contributed by atoms with Crippen LogP contribution < -0.4 is 10.1 Å². The second kappa shape index (κ2) is 9.27. The number of halogens is 1. The number of ether oxygens (including phenoxy) is 1. The number of nitrogens with one attached hydrogen (secondary N) is 1. The van der Waals surface area contributed by atoms with E-state index in [2.05, 4.69) is 15.5 Å². The normalized spacial score (nSPS) is 10.5. The predicted molar refractivity (Wildman–Crippen MR) is 117 cm³/mol. The van der Waals surface area contributed by atoms with E-state index in [4.69, 9.17) is 20.9 Å². The fraction of sp³-hybridized carbons (Fsp3) is 0.0455. The minimum absolute atomic E-state index is 0.0386. The van der Waals surface area contributed by atoms with Crippen molar-refractivity contribution >= 4 is 28.9 Å². The number of anilines is 1. The molecule has 1 aromatic heterocycles. The first-order chi connectivity index (χ1) is 15.5. The Bertz CT molecular complexity index is 1270. The van der Waals surface area contributed by atoms with E-state index < -0.39 is 4.92 Å². The van der Waals surface area contributed by atoms with Gasteiger partial charge < -0.3 is 14.6 Å². The van der Waals surface area contributed by atoms with E-state index in [1.54, 1.807) is 48.5 Å². The quantitative estimate of drug-likeness (QED) is 0.311. The van der Waals surface area contributed by atoms with Crippen LogP contribution in [0.3, 0.4) is 0 Å². The molecule has 3 aromatic carbocycles. The lowest BCUT2D eigenvalue weighted by atomic mass is 10.2. The minimum Gasteiger partial charge on any atom is -0.483 e. The Morgan fingerprint density at radius 2 is 1.88 bits per heavy atom. The molecule has 32 heavy (non-hydrogen) atoms. The van der Waals surface area contributed by atoms with Gasteiger partial charge >= 0.3 is 0 Å². The molecule has 9 nitrogen and oxygen atoms in total. The molecule has 1 amide bonds. The van der Waals surface area contributed by atoms with Gasteiger partial charge in [0.15, 0.2) is 6.61 Å². The molecule has 0 saturated heterocycles. The van der Waals surface area contributed by atoms with E-state index in [0.29, 0.717) is 27.6 Å². The number of nitrogens with zero attached hydrogens (tertiary/aromatic N) is 3. The first-order valence-corrected chi connectivity index (χ1v) is 9.73. The van der Waals surface area contributed by atoms with E-state index in [1.165, 1.54) is 24.3 Å². The van der Waals surface area contributed by atoms with Gasteiger partial charge in [-0.2, -0.15) is 4.98 Å². The SMILES string of the molecule is O=C(COc1ccccc1-c1noc(-c2ccc([N+](=O)[O-])cc2)n1)Nc1cccc(Cl)c1. The van der Waals surface area contributed by atoms with Gasteiger partial charge in [-0.25, -0.2) is 0 Å². The van der Waals surface area contributed by atoms with Gasteiger partial charge in [0.05, 0.1) is 10.5 Å². The topological polar surface area (TPSA) is 120 Å². The van der Waals surface area contributed by atoms with Crippen molar-refractivity contribution in [1.82, 2.24) is 10.1 Å². The molecule has 0 spiro atoms. The van der Waals surface area contributed by atoms with Gasteiger partial charge in [-0.3, -0.25) is 14.9 Å². The van der Waals surface area contributed by atoms with E-state index in [-0.39, 0.29) is 29.9 Å². The Balaban J connectivity index is 1.47. The molecule has 0 aliphatic heterocycles. The first kappa shape index (κ1) is 21.0. The number of hydrogen-bond donors (Lipinski definition) is 1. The summed E-state index contributed by atoms with van der Waals surface area (Å²) in [5.41, 5.74) is 1.59. The van der Waals surface area contributed by atoms with Crippen molar-refractivity contribution in [2.45, 2.75) is 0 Å². The summed E-state index contributed by atoms with van der Waals surface area (Å²) >= 11 is 5.92. The average Bonchev–Trinajstić information content (AvgIpc) is 3.28. The number of nitro groups is 1. The molecular formula is C22H15ClN4O5. The number of para-hydroxylation sites is 1. The molecule has 4 aromatic rings. The molecule has 0 radical (unpaired) electrons. The smallest absolute Gasteiger partial charge is 0.269 e. The Kier molecular flexibility index (Phi) is 6.09. The number of non-ortho nitro benzene ring substituents is 1. The summed E-state index contributed by atoms with van der Waals surface area (Å²) in [6.45, 7) is -0.239. The Morgan fingerprint density at radius 1 is 1.09 bits per heavy atom. The fourth-order valence-electron chi connectivity index (χ4n) is 2.86. The van der Waals surface area contributed by atoms with Crippen LogP contribution in [0.4, 0.5) is 11.4 Å². The van der Waals surface area contributed by atoms with E-state index in [9.17, 15) is 14.9 Å². The van der Waals surface area contributed by atoms with Crippen LogP contribution in [0.25, 0.3) is 22.8 Å². The number of carbonyl (C=O) groups excluding carboxylic acids is 1. The van der Waals surface area contributed by atoms with Crippen molar-refractivity contribution in [1.29, 1.82) is 0 Å². The summed E-state index contributed by atoms with van der Waals surface area (Å²) in [6, 6.07) is 19.5. The summed E-state index contributed by atoms with van der Waals surface area (Å²) in [7, 11) is 0. The van der Waals surface area contributed by atoms with Crippen LogP contribution in [0.15, 0.2) is 77.3 Å². The summed E-state index contributed by atoms with van der Waals surface area (Å²) in [5, 5.41) is 18.0. The highest BCUT2D eigenvalue weighted by atomic mass is 35.5. The van der Waals surface area contributed by atoms with Crippen LogP contribution in [0.5, 0.6) is 5.75 Å². The summed E-state index contributed by atoms with van der Waals surface area (Å²) in [6.07, 6.45) is 0. The van der Waals surface area contributed by atoms with E-state index >= 15 is 0 Å². The Morgan fingerprint density at radius 3 is 2.62 bits per heavy atom. The molecule has 4 rings (SSSR count). The minimum atomic E-state index is -0.487. The van der Waals surface area contributed by atoms with Crippen LogP contribution in [-0.2, 0) is 4.79 Å². The number of rotatable bonds is 7. The molecule has 0 fully saturated rings. The van der Waals surface area contributed by atoms with Gasteiger partial charge in [0.25, 0.3) is 17.5 Å². The molecule has 1 heterocycles. The number of hydrogen-bond acceptors (Lipinski definition) is 7. The number of benzene rings is 3. The van der Waals surface area contributed by atoms with Crippen molar-refractivity contribution < 1.29 is 19.0 Å². The van der Waals surface area contributed by atoms with Crippen LogP contribution in [0.2, 0.25) is 5.02 Å². The molecule has 0 saturated carbocycles.